The zero-order chi connectivity index (χ0) is 15.9. The van der Waals surface area contributed by atoms with Crippen molar-refractivity contribution in [3.63, 3.8) is 0 Å². The van der Waals surface area contributed by atoms with Crippen molar-refractivity contribution >= 4 is 0 Å². The third-order valence-electron chi connectivity index (χ3n) is 5.04. The normalized spacial score (nSPS) is 25.7. The van der Waals surface area contributed by atoms with Crippen LogP contribution in [0.15, 0.2) is 0 Å². The summed E-state index contributed by atoms with van der Waals surface area (Å²) in [5.74, 6) is 0. The summed E-state index contributed by atoms with van der Waals surface area (Å²) in [6, 6.07) is 0. The van der Waals surface area contributed by atoms with Crippen LogP contribution in [0, 0.1) is 0 Å². The third kappa shape index (κ3) is 5.20. The molecule has 4 heteroatoms. The molecular weight excluding hydrogens is 262 g/mol. The molecule has 0 amide bonds. The van der Waals surface area contributed by atoms with Crippen molar-refractivity contribution in [3.05, 3.63) is 0 Å². The van der Waals surface area contributed by atoms with Crippen LogP contribution in [0.25, 0.3) is 0 Å². The van der Waals surface area contributed by atoms with Gasteiger partial charge in [-0.3, -0.25) is 4.90 Å². The van der Waals surface area contributed by atoms with Gasteiger partial charge in [0.05, 0.1) is 5.60 Å². The van der Waals surface area contributed by atoms with Gasteiger partial charge in [0, 0.05) is 18.7 Å². The average Bonchev–Trinajstić information content (AvgIpc) is 2.46. The van der Waals surface area contributed by atoms with Gasteiger partial charge in [-0.25, -0.2) is 0 Å². The lowest BCUT2D eigenvalue weighted by Crippen LogP contribution is -2.60. The van der Waals surface area contributed by atoms with Gasteiger partial charge in [-0.05, 0) is 65.8 Å². The largest absolute Gasteiger partial charge is 0.375 e. The molecule has 1 aliphatic heterocycles. The SMILES string of the molecule is CCN(CC)CCCN(CC)C1(CN)CCOC(C)(C)C1. The van der Waals surface area contributed by atoms with Gasteiger partial charge in [0.1, 0.15) is 0 Å². The summed E-state index contributed by atoms with van der Waals surface area (Å²) >= 11 is 0. The monoisotopic (exact) mass is 299 g/mol. The number of hydrogen-bond donors (Lipinski definition) is 1. The summed E-state index contributed by atoms with van der Waals surface area (Å²) in [5, 5.41) is 0. The molecule has 1 unspecified atom stereocenters. The highest BCUT2D eigenvalue weighted by Gasteiger charge is 2.43. The highest BCUT2D eigenvalue weighted by atomic mass is 16.5. The lowest BCUT2D eigenvalue weighted by atomic mass is 9.79. The van der Waals surface area contributed by atoms with Crippen molar-refractivity contribution in [2.45, 2.75) is 65.0 Å². The van der Waals surface area contributed by atoms with Crippen LogP contribution in [0.4, 0.5) is 0 Å². The molecule has 0 aromatic rings. The van der Waals surface area contributed by atoms with E-state index in [1.807, 2.05) is 0 Å². The van der Waals surface area contributed by atoms with Crippen LogP contribution < -0.4 is 5.73 Å². The average molecular weight is 300 g/mol. The van der Waals surface area contributed by atoms with E-state index in [0.29, 0.717) is 0 Å². The second kappa shape index (κ2) is 8.47. The second-order valence-corrected chi connectivity index (χ2v) is 6.92. The van der Waals surface area contributed by atoms with Gasteiger partial charge in [-0.2, -0.15) is 0 Å². The van der Waals surface area contributed by atoms with Gasteiger partial charge in [-0.15, -0.1) is 0 Å². The minimum Gasteiger partial charge on any atom is -0.375 e. The van der Waals surface area contributed by atoms with E-state index in [0.717, 1.165) is 52.2 Å². The Bertz CT molecular complexity index is 292. The molecule has 1 atom stereocenters. The van der Waals surface area contributed by atoms with Gasteiger partial charge in [0.25, 0.3) is 0 Å². The lowest BCUT2D eigenvalue weighted by Gasteiger charge is -2.50. The van der Waals surface area contributed by atoms with E-state index in [9.17, 15) is 0 Å². The molecule has 2 N–H and O–H groups in total. The molecule has 0 spiro atoms. The van der Waals surface area contributed by atoms with Crippen LogP contribution in [-0.2, 0) is 4.74 Å². The molecule has 21 heavy (non-hydrogen) atoms. The number of rotatable bonds is 9. The smallest absolute Gasteiger partial charge is 0.0644 e. The molecule has 1 rings (SSSR count). The van der Waals surface area contributed by atoms with Crippen molar-refractivity contribution < 1.29 is 4.74 Å². The Morgan fingerprint density at radius 1 is 1.05 bits per heavy atom. The standard InChI is InChI=1S/C17H37N3O/c1-6-19(7-2)11-9-12-20(8-3)17(15-18)10-13-21-16(4,5)14-17/h6-15,18H2,1-5H3. The van der Waals surface area contributed by atoms with Crippen LogP contribution >= 0.6 is 0 Å². The molecule has 1 aliphatic rings. The maximum atomic E-state index is 6.21. The van der Waals surface area contributed by atoms with Crippen LogP contribution in [-0.4, -0.2) is 66.8 Å². The molecule has 1 heterocycles. The number of ether oxygens (including phenoxy) is 1. The quantitative estimate of drug-likeness (QED) is 0.709. The first kappa shape index (κ1) is 18.9. The summed E-state index contributed by atoms with van der Waals surface area (Å²) in [4.78, 5) is 5.11. The first-order chi connectivity index (χ1) is 9.93. The summed E-state index contributed by atoms with van der Waals surface area (Å²) in [6.45, 7) is 18.4. The fourth-order valence-electron chi connectivity index (χ4n) is 3.78. The molecule has 0 aliphatic carbocycles. The molecule has 4 nitrogen and oxygen atoms in total. The van der Waals surface area contributed by atoms with Crippen molar-refractivity contribution in [2.24, 2.45) is 5.73 Å². The first-order valence-electron chi connectivity index (χ1n) is 8.74. The Morgan fingerprint density at radius 3 is 2.19 bits per heavy atom. The van der Waals surface area contributed by atoms with E-state index < -0.39 is 0 Å². The molecular formula is C17H37N3O. The topological polar surface area (TPSA) is 41.7 Å². The van der Waals surface area contributed by atoms with Gasteiger partial charge in [0.15, 0.2) is 0 Å². The maximum Gasteiger partial charge on any atom is 0.0644 e. The predicted molar refractivity (Wildman–Crippen MR) is 90.7 cm³/mol. The predicted octanol–water partition coefficient (Wildman–Crippen LogP) is 2.33. The zero-order valence-electron chi connectivity index (χ0n) is 15.0. The lowest BCUT2D eigenvalue weighted by molar-refractivity contribution is -0.117. The molecule has 0 aromatic heterocycles. The second-order valence-electron chi connectivity index (χ2n) is 6.92. The van der Waals surface area contributed by atoms with E-state index in [1.165, 1.54) is 13.0 Å². The summed E-state index contributed by atoms with van der Waals surface area (Å²) in [6.07, 6.45) is 3.32. The Morgan fingerprint density at radius 2 is 1.71 bits per heavy atom. The number of nitrogens with zero attached hydrogens (tertiary/aromatic N) is 2. The van der Waals surface area contributed by atoms with Crippen molar-refractivity contribution in [1.29, 1.82) is 0 Å². The fraction of sp³-hybridized carbons (Fsp3) is 1.00. The molecule has 0 saturated carbocycles. The molecule has 0 radical (unpaired) electrons. The van der Waals surface area contributed by atoms with E-state index in [1.54, 1.807) is 0 Å². The highest BCUT2D eigenvalue weighted by molar-refractivity contribution is 4.99. The number of likely N-dealkylation sites (N-methyl/N-ethyl adjacent to an activating group) is 1. The molecule has 0 aromatic carbocycles. The minimum absolute atomic E-state index is 0.0517. The van der Waals surface area contributed by atoms with Crippen molar-refractivity contribution in [2.75, 3.05) is 45.9 Å². The van der Waals surface area contributed by atoms with Crippen LogP contribution in [0.3, 0.4) is 0 Å². The van der Waals surface area contributed by atoms with Gasteiger partial charge >= 0.3 is 0 Å². The van der Waals surface area contributed by atoms with E-state index in [4.69, 9.17) is 10.5 Å². The first-order valence-corrected chi connectivity index (χ1v) is 8.74. The maximum absolute atomic E-state index is 6.21. The number of nitrogens with two attached hydrogens (primary N) is 1. The zero-order valence-corrected chi connectivity index (χ0v) is 15.0. The molecule has 126 valence electrons. The van der Waals surface area contributed by atoms with Crippen LogP contribution in [0.5, 0.6) is 0 Å². The Balaban J connectivity index is 2.63. The van der Waals surface area contributed by atoms with Crippen molar-refractivity contribution in [1.82, 2.24) is 9.80 Å². The van der Waals surface area contributed by atoms with Gasteiger partial charge in [0.2, 0.25) is 0 Å². The molecule has 0 bridgehead atoms. The van der Waals surface area contributed by atoms with E-state index in [2.05, 4.69) is 44.4 Å². The summed E-state index contributed by atoms with van der Waals surface area (Å²) < 4.78 is 5.90. The van der Waals surface area contributed by atoms with Crippen LogP contribution in [0.2, 0.25) is 0 Å². The van der Waals surface area contributed by atoms with Crippen molar-refractivity contribution in [3.8, 4) is 0 Å². The highest BCUT2D eigenvalue weighted by Crippen LogP contribution is 2.35. The summed E-state index contributed by atoms with van der Waals surface area (Å²) in [7, 11) is 0. The third-order valence-corrected chi connectivity index (χ3v) is 5.04. The molecule has 1 fully saturated rings. The van der Waals surface area contributed by atoms with Crippen LogP contribution in [0.1, 0.15) is 53.9 Å². The number of hydrogen-bond acceptors (Lipinski definition) is 4. The Kier molecular flexibility index (Phi) is 7.62. The summed E-state index contributed by atoms with van der Waals surface area (Å²) in [5.41, 5.74) is 6.29. The van der Waals surface area contributed by atoms with E-state index >= 15 is 0 Å². The minimum atomic E-state index is -0.0517. The molecule has 1 saturated heterocycles. The van der Waals surface area contributed by atoms with E-state index in [-0.39, 0.29) is 11.1 Å². The Labute approximate surface area is 132 Å². The fourth-order valence-corrected chi connectivity index (χ4v) is 3.78. The van der Waals surface area contributed by atoms with Gasteiger partial charge in [-0.1, -0.05) is 20.8 Å². The Hall–Kier alpha value is -0.160. The van der Waals surface area contributed by atoms with Gasteiger partial charge < -0.3 is 15.4 Å².